The van der Waals surface area contributed by atoms with Gasteiger partial charge in [0.2, 0.25) is 0 Å². The minimum Gasteiger partial charge on any atom is -0.307 e. The van der Waals surface area contributed by atoms with E-state index in [4.69, 9.17) is 4.98 Å². The second-order valence-corrected chi connectivity index (χ2v) is 6.14. The Morgan fingerprint density at radius 1 is 1.09 bits per heavy atom. The largest absolute Gasteiger partial charge is 0.307 e. The van der Waals surface area contributed by atoms with Gasteiger partial charge in [-0.05, 0) is 29.2 Å². The number of aromatic nitrogens is 1. The average molecular weight is 316 g/mol. The van der Waals surface area contributed by atoms with E-state index in [-0.39, 0.29) is 12.4 Å². The van der Waals surface area contributed by atoms with Crippen LogP contribution in [0.25, 0.3) is 0 Å². The summed E-state index contributed by atoms with van der Waals surface area (Å²) in [6, 6.07) is 10.8. The molecule has 0 amide bonds. The van der Waals surface area contributed by atoms with Gasteiger partial charge in [0, 0.05) is 44.8 Å². The standard InChI is InChI=1S/C18H21N3.ClH/c1-13-15-9-19-10-18(15)20-17-7-8-21(12-16(13)17)11-14-5-3-2-4-6-14;/h2-6,19H,7-12H2,1H3;1H. The Balaban J connectivity index is 0.00000144. The zero-order valence-corrected chi connectivity index (χ0v) is 13.7. The van der Waals surface area contributed by atoms with Crippen LogP contribution in [0.3, 0.4) is 0 Å². The maximum absolute atomic E-state index is 4.91. The number of nitrogens with zero attached hydrogens (tertiary/aromatic N) is 2. The summed E-state index contributed by atoms with van der Waals surface area (Å²) < 4.78 is 0. The normalized spacial score (nSPS) is 16.8. The Bertz CT molecular complexity index is 670. The molecule has 2 aromatic rings. The molecule has 0 fully saturated rings. The van der Waals surface area contributed by atoms with Crippen molar-refractivity contribution in [1.82, 2.24) is 15.2 Å². The first-order valence-corrected chi connectivity index (χ1v) is 7.78. The molecule has 116 valence electrons. The molecule has 1 aromatic carbocycles. The van der Waals surface area contributed by atoms with E-state index in [0.29, 0.717) is 0 Å². The summed E-state index contributed by atoms with van der Waals surface area (Å²) in [6.07, 6.45) is 1.08. The van der Waals surface area contributed by atoms with Crippen molar-refractivity contribution in [3.8, 4) is 0 Å². The molecule has 0 saturated carbocycles. The van der Waals surface area contributed by atoms with Gasteiger partial charge in [-0.1, -0.05) is 30.3 Å². The van der Waals surface area contributed by atoms with Crippen molar-refractivity contribution in [3.05, 3.63) is 64.0 Å². The Labute approximate surface area is 138 Å². The van der Waals surface area contributed by atoms with Crippen LogP contribution in [0.4, 0.5) is 0 Å². The summed E-state index contributed by atoms with van der Waals surface area (Å²) in [5.41, 5.74) is 8.39. The van der Waals surface area contributed by atoms with Gasteiger partial charge < -0.3 is 5.32 Å². The topological polar surface area (TPSA) is 28.2 Å². The Morgan fingerprint density at radius 3 is 2.73 bits per heavy atom. The molecule has 4 rings (SSSR count). The number of fused-ring (bicyclic) bond motifs is 2. The number of benzene rings is 1. The first-order valence-electron chi connectivity index (χ1n) is 7.78. The van der Waals surface area contributed by atoms with Gasteiger partial charge in [-0.3, -0.25) is 9.88 Å². The van der Waals surface area contributed by atoms with Crippen LogP contribution in [-0.4, -0.2) is 16.4 Å². The zero-order chi connectivity index (χ0) is 14.2. The quantitative estimate of drug-likeness (QED) is 0.923. The number of halogens is 1. The van der Waals surface area contributed by atoms with Crippen LogP contribution < -0.4 is 5.32 Å². The van der Waals surface area contributed by atoms with Crippen LogP contribution in [0.15, 0.2) is 30.3 Å². The molecule has 0 bridgehead atoms. The molecule has 0 radical (unpaired) electrons. The highest BCUT2D eigenvalue weighted by atomic mass is 35.5. The highest BCUT2D eigenvalue weighted by Gasteiger charge is 2.24. The summed E-state index contributed by atoms with van der Waals surface area (Å²) in [5, 5.41) is 3.43. The van der Waals surface area contributed by atoms with Crippen LogP contribution in [-0.2, 0) is 32.6 Å². The molecule has 2 aliphatic heterocycles. The van der Waals surface area contributed by atoms with Crippen LogP contribution in [0.1, 0.15) is 33.6 Å². The predicted octanol–water partition coefficient (Wildman–Crippen LogP) is 2.97. The van der Waals surface area contributed by atoms with Crippen LogP contribution in [0.5, 0.6) is 0 Å². The molecule has 2 aliphatic rings. The third-order valence-corrected chi connectivity index (χ3v) is 4.76. The number of pyridine rings is 1. The third kappa shape index (κ3) is 2.76. The number of hydrogen-bond acceptors (Lipinski definition) is 3. The van der Waals surface area contributed by atoms with Gasteiger partial charge in [-0.25, -0.2) is 0 Å². The minimum atomic E-state index is 0. The van der Waals surface area contributed by atoms with Crippen molar-refractivity contribution in [1.29, 1.82) is 0 Å². The summed E-state index contributed by atoms with van der Waals surface area (Å²) >= 11 is 0. The molecule has 3 nitrogen and oxygen atoms in total. The maximum Gasteiger partial charge on any atom is 0.0592 e. The molecule has 1 N–H and O–H groups in total. The first-order chi connectivity index (χ1) is 10.3. The predicted molar refractivity (Wildman–Crippen MR) is 91.0 cm³/mol. The Kier molecular flexibility index (Phi) is 4.48. The summed E-state index contributed by atoms with van der Waals surface area (Å²) in [6.45, 7) is 7.39. The number of hydrogen-bond donors (Lipinski definition) is 1. The van der Waals surface area contributed by atoms with E-state index in [9.17, 15) is 0 Å². The lowest BCUT2D eigenvalue weighted by atomic mass is 9.96. The van der Waals surface area contributed by atoms with E-state index in [2.05, 4.69) is 47.5 Å². The second-order valence-electron chi connectivity index (χ2n) is 6.14. The molecular formula is C18H22ClN3. The van der Waals surface area contributed by atoms with Gasteiger partial charge in [0.25, 0.3) is 0 Å². The molecule has 4 heteroatoms. The Hall–Kier alpha value is -1.42. The Morgan fingerprint density at radius 2 is 1.91 bits per heavy atom. The van der Waals surface area contributed by atoms with Crippen molar-refractivity contribution in [2.24, 2.45) is 0 Å². The van der Waals surface area contributed by atoms with E-state index >= 15 is 0 Å². The van der Waals surface area contributed by atoms with Gasteiger partial charge in [0.15, 0.2) is 0 Å². The highest BCUT2D eigenvalue weighted by Crippen LogP contribution is 2.28. The van der Waals surface area contributed by atoms with Crippen molar-refractivity contribution in [3.63, 3.8) is 0 Å². The monoisotopic (exact) mass is 315 g/mol. The smallest absolute Gasteiger partial charge is 0.0592 e. The molecule has 0 atom stereocenters. The van der Waals surface area contributed by atoms with E-state index in [1.807, 2.05) is 0 Å². The lowest BCUT2D eigenvalue weighted by Gasteiger charge is -2.30. The van der Waals surface area contributed by atoms with E-state index in [1.165, 1.54) is 33.6 Å². The SMILES string of the molecule is Cc1c2c(nc3c1CN(Cc1ccccc1)CC3)CNC2.Cl. The van der Waals surface area contributed by atoms with Crippen LogP contribution in [0.2, 0.25) is 0 Å². The molecule has 0 saturated heterocycles. The molecule has 3 heterocycles. The van der Waals surface area contributed by atoms with Crippen molar-refractivity contribution < 1.29 is 0 Å². The lowest BCUT2D eigenvalue weighted by molar-refractivity contribution is 0.242. The highest BCUT2D eigenvalue weighted by molar-refractivity contribution is 5.85. The molecule has 0 unspecified atom stereocenters. The summed E-state index contributed by atoms with van der Waals surface area (Å²) in [4.78, 5) is 7.45. The van der Waals surface area contributed by atoms with Crippen molar-refractivity contribution >= 4 is 12.4 Å². The molecule has 0 aliphatic carbocycles. The van der Waals surface area contributed by atoms with E-state index in [0.717, 1.165) is 39.1 Å². The minimum absolute atomic E-state index is 0. The summed E-state index contributed by atoms with van der Waals surface area (Å²) in [5.74, 6) is 0. The second kappa shape index (κ2) is 6.37. The fourth-order valence-corrected chi connectivity index (χ4v) is 3.56. The van der Waals surface area contributed by atoms with Crippen molar-refractivity contribution in [2.75, 3.05) is 6.54 Å². The molecule has 1 aromatic heterocycles. The summed E-state index contributed by atoms with van der Waals surface area (Å²) in [7, 11) is 0. The molecule has 0 spiro atoms. The van der Waals surface area contributed by atoms with Gasteiger partial charge in [-0.2, -0.15) is 0 Å². The van der Waals surface area contributed by atoms with Crippen LogP contribution in [0, 0.1) is 6.92 Å². The van der Waals surface area contributed by atoms with Crippen molar-refractivity contribution in [2.45, 2.75) is 39.5 Å². The number of rotatable bonds is 2. The van der Waals surface area contributed by atoms with Gasteiger partial charge in [0.1, 0.15) is 0 Å². The first kappa shape index (κ1) is 15.5. The average Bonchev–Trinajstić information content (AvgIpc) is 2.98. The van der Waals surface area contributed by atoms with E-state index in [1.54, 1.807) is 0 Å². The fourth-order valence-electron chi connectivity index (χ4n) is 3.56. The van der Waals surface area contributed by atoms with E-state index < -0.39 is 0 Å². The third-order valence-electron chi connectivity index (χ3n) is 4.76. The van der Waals surface area contributed by atoms with Crippen LogP contribution >= 0.6 is 12.4 Å². The fraction of sp³-hybridized carbons (Fsp3) is 0.389. The molecular weight excluding hydrogens is 294 g/mol. The zero-order valence-electron chi connectivity index (χ0n) is 12.9. The maximum atomic E-state index is 4.91. The van der Waals surface area contributed by atoms with Gasteiger partial charge >= 0.3 is 0 Å². The molecule has 22 heavy (non-hydrogen) atoms. The number of nitrogens with one attached hydrogen (secondary N) is 1. The van der Waals surface area contributed by atoms with Gasteiger partial charge in [0.05, 0.1) is 5.69 Å². The van der Waals surface area contributed by atoms with Gasteiger partial charge in [-0.15, -0.1) is 12.4 Å². The lowest BCUT2D eigenvalue weighted by Crippen LogP contribution is -2.31.